The lowest BCUT2D eigenvalue weighted by atomic mass is 10.1. The van der Waals surface area contributed by atoms with E-state index in [1.54, 1.807) is 7.11 Å². The lowest BCUT2D eigenvalue weighted by molar-refractivity contribution is -0.903. The molecular formula is C19H24FN2O3S+. The lowest BCUT2D eigenvalue weighted by Gasteiger charge is -2.31. The Morgan fingerprint density at radius 3 is 2.42 bits per heavy atom. The Morgan fingerprint density at radius 1 is 1.12 bits per heavy atom. The molecule has 0 unspecified atom stereocenters. The average Bonchev–Trinajstić information content (AvgIpc) is 2.67. The fourth-order valence-corrected chi connectivity index (χ4v) is 4.66. The topological polar surface area (TPSA) is 51.1 Å². The van der Waals surface area contributed by atoms with E-state index >= 15 is 0 Å². The van der Waals surface area contributed by atoms with Gasteiger partial charge in [0, 0.05) is 6.42 Å². The minimum atomic E-state index is -3.62. The van der Waals surface area contributed by atoms with Gasteiger partial charge >= 0.3 is 0 Å². The number of nitrogens with zero attached hydrogens (tertiary/aromatic N) is 1. The highest BCUT2D eigenvalue weighted by Crippen LogP contribution is 2.16. The quantitative estimate of drug-likeness (QED) is 0.814. The van der Waals surface area contributed by atoms with Gasteiger partial charge in [-0.15, -0.1) is 0 Å². The number of halogens is 1. The Kier molecular flexibility index (Phi) is 5.90. The maximum absolute atomic E-state index is 13.3. The number of hydrogen-bond acceptors (Lipinski definition) is 3. The average molecular weight is 379 g/mol. The van der Waals surface area contributed by atoms with Gasteiger partial charge in [0.05, 0.1) is 44.7 Å². The van der Waals surface area contributed by atoms with Crippen LogP contribution >= 0.6 is 0 Å². The molecule has 0 aliphatic carbocycles. The SMILES string of the molecule is COc1ccc(CC[NH+]2CCN(S(=O)(=O)c3cccc(F)c3)CC2)cc1. The van der Waals surface area contributed by atoms with Crippen molar-refractivity contribution in [1.29, 1.82) is 0 Å². The minimum absolute atomic E-state index is 0.0270. The monoisotopic (exact) mass is 379 g/mol. The van der Waals surface area contributed by atoms with E-state index in [0.29, 0.717) is 13.1 Å². The largest absolute Gasteiger partial charge is 0.497 e. The normalized spacial score (nSPS) is 16.5. The highest BCUT2D eigenvalue weighted by Gasteiger charge is 2.30. The van der Waals surface area contributed by atoms with Gasteiger partial charge in [-0.25, -0.2) is 12.8 Å². The van der Waals surface area contributed by atoms with Crippen molar-refractivity contribution in [2.75, 3.05) is 39.8 Å². The number of sulfonamides is 1. The summed E-state index contributed by atoms with van der Waals surface area (Å²) in [5.41, 5.74) is 1.24. The van der Waals surface area contributed by atoms with E-state index in [4.69, 9.17) is 4.74 Å². The van der Waals surface area contributed by atoms with E-state index in [0.717, 1.165) is 37.9 Å². The van der Waals surface area contributed by atoms with Gasteiger partial charge in [-0.05, 0) is 35.9 Å². The fourth-order valence-electron chi connectivity index (χ4n) is 3.18. The molecule has 0 atom stereocenters. The van der Waals surface area contributed by atoms with Crippen LogP contribution in [0.25, 0.3) is 0 Å². The molecule has 0 spiro atoms. The summed E-state index contributed by atoms with van der Waals surface area (Å²) in [6.07, 6.45) is 0.940. The Balaban J connectivity index is 1.53. The van der Waals surface area contributed by atoms with Crippen LogP contribution < -0.4 is 9.64 Å². The zero-order valence-corrected chi connectivity index (χ0v) is 15.6. The molecule has 1 fully saturated rings. The van der Waals surface area contributed by atoms with Crippen LogP contribution in [-0.2, 0) is 16.4 Å². The maximum atomic E-state index is 13.3. The summed E-state index contributed by atoms with van der Waals surface area (Å²) in [6.45, 7) is 3.38. The second kappa shape index (κ2) is 8.16. The third kappa shape index (κ3) is 4.41. The van der Waals surface area contributed by atoms with Crippen LogP contribution in [0, 0.1) is 5.82 Å². The van der Waals surface area contributed by atoms with E-state index in [-0.39, 0.29) is 4.90 Å². The number of rotatable bonds is 6. The van der Waals surface area contributed by atoms with E-state index in [9.17, 15) is 12.8 Å². The van der Waals surface area contributed by atoms with Crippen molar-refractivity contribution in [3.63, 3.8) is 0 Å². The van der Waals surface area contributed by atoms with Crippen molar-refractivity contribution in [3.8, 4) is 5.75 Å². The number of methoxy groups -OCH3 is 1. The van der Waals surface area contributed by atoms with Crippen molar-refractivity contribution >= 4 is 10.0 Å². The molecule has 0 bridgehead atoms. The minimum Gasteiger partial charge on any atom is -0.497 e. The molecule has 3 rings (SSSR count). The lowest BCUT2D eigenvalue weighted by Crippen LogP contribution is -3.15. The Labute approximate surface area is 154 Å². The summed E-state index contributed by atoms with van der Waals surface area (Å²) in [7, 11) is -1.97. The molecule has 0 saturated carbocycles. The maximum Gasteiger partial charge on any atom is 0.243 e. The molecule has 1 heterocycles. The number of quaternary nitrogens is 1. The van der Waals surface area contributed by atoms with Crippen LogP contribution in [0.1, 0.15) is 5.56 Å². The van der Waals surface area contributed by atoms with Crippen LogP contribution in [0.15, 0.2) is 53.4 Å². The van der Waals surface area contributed by atoms with Crippen molar-refractivity contribution in [2.24, 2.45) is 0 Å². The molecule has 26 heavy (non-hydrogen) atoms. The first-order chi connectivity index (χ1) is 12.5. The molecular weight excluding hydrogens is 355 g/mol. The highest BCUT2D eigenvalue weighted by molar-refractivity contribution is 7.89. The molecule has 0 amide bonds. The Bertz CT molecular complexity index is 832. The van der Waals surface area contributed by atoms with Crippen LogP contribution in [0.3, 0.4) is 0 Å². The second-order valence-corrected chi connectivity index (χ2v) is 8.40. The molecule has 1 N–H and O–H groups in total. The molecule has 1 aliphatic rings. The standard InChI is InChI=1S/C19H23FN2O3S/c1-25-18-7-5-16(6-8-18)9-10-21-11-13-22(14-12-21)26(23,24)19-4-2-3-17(20)15-19/h2-8,15H,9-14H2,1H3/p+1. The van der Waals surface area contributed by atoms with Gasteiger partial charge in [0.2, 0.25) is 10.0 Å². The highest BCUT2D eigenvalue weighted by atomic mass is 32.2. The molecule has 0 radical (unpaired) electrons. The summed E-state index contributed by atoms with van der Waals surface area (Å²) in [5, 5.41) is 0. The number of hydrogen-bond donors (Lipinski definition) is 1. The smallest absolute Gasteiger partial charge is 0.243 e. The predicted octanol–water partition coefficient (Wildman–Crippen LogP) is 0.966. The summed E-state index contributed by atoms with van der Waals surface area (Å²) in [5.74, 6) is 0.312. The number of ether oxygens (including phenoxy) is 1. The molecule has 0 aromatic heterocycles. The molecule has 2 aromatic rings. The van der Waals surface area contributed by atoms with Gasteiger partial charge in [-0.3, -0.25) is 0 Å². The van der Waals surface area contributed by atoms with Crippen LogP contribution in [-0.4, -0.2) is 52.6 Å². The molecule has 7 heteroatoms. The number of nitrogens with one attached hydrogen (secondary N) is 1. The Morgan fingerprint density at radius 2 is 1.81 bits per heavy atom. The zero-order valence-electron chi connectivity index (χ0n) is 14.8. The van der Waals surface area contributed by atoms with Gasteiger partial charge in [0.25, 0.3) is 0 Å². The third-order valence-electron chi connectivity index (χ3n) is 4.79. The van der Waals surface area contributed by atoms with Crippen molar-refractivity contribution in [3.05, 3.63) is 59.9 Å². The first kappa shape index (κ1) is 18.8. The van der Waals surface area contributed by atoms with E-state index in [1.807, 2.05) is 12.1 Å². The van der Waals surface area contributed by atoms with E-state index in [1.165, 1.54) is 33.0 Å². The summed E-state index contributed by atoms with van der Waals surface area (Å²) < 4.78 is 45.2. The van der Waals surface area contributed by atoms with Crippen molar-refractivity contribution in [1.82, 2.24) is 4.31 Å². The number of benzene rings is 2. The zero-order chi connectivity index (χ0) is 18.6. The van der Waals surface area contributed by atoms with Gasteiger partial charge in [0.1, 0.15) is 11.6 Å². The molecule has 2 aromatic carbocycles. The Hall–Kier alpha value is -1.96. The summed E-state index contributed by atoms with van der Waals surface area (Å²) in [6, 6.07) is 13.2. The molecule has 140 valence electrons. The molecule has 1 aliphatic heterocycles. The first-order valence-corrected chi connectivity index (χ1v) is 10.2. The second-order valence-electron chi connectivity index (χ2n) is 6.46. The van der Waals surface area contributed by atoms with Gasteiger partial charge in [0.15, 0.2) is 0 Å². The van der Waals surface area contributed by atoms with Crippen LogP contribution in [0.5, 0.6) is 5.75 Å². The fraction of sp³-hybridized carbons (Fsp3) is 0.368. The third-order valence-corrected chi connectivity index (χ3v) is 6.68. The molecule has 5 nitrogen and oxygen atoms in total. The molecule has 1 saturated heterocycles. The summed E-state index contributed by atoms with van der Waals surface area (Å²) in [4.78, 5) is 1.41. The van der Waals surface area contributed by atoms with Crippen LogP contribution in [0.2, 0.25) is 0 Å². The number of piperazine rings is 1. The summed E-state index contributed by atoms with van der Waals surface area (Å²) >= 11 is 0. The predicted molar refractivity (Wildman–Crippen MR) is 97.4 cm³/mol. The van der Waals surface area contributed by atoms with Gasteiger partial charge in [-0.2, -0.15) is 4.31 Å². The van der Waals surface area contributed by atoms with Gasteiger partial charge < -0.3 is 9.64 Å². The van der Waals surface area contributed by atoms with Crippen LogP contribution in [0.4, 0.5) is 4.39 Å². The van der Waals surface area contributed by atoms with Crippen molar-refractivity contribution < 1.29 is 22.4 Å². The van der Waals surface area contributed by atoms with Crippen molar-refractivity contribution in [2.45, 2.75) is 11.3 Å². The van der Waals surface area contributed by atoms with E-state index in [2.05, 4.69) is 12.1 Å². The first-order valence-electron chi connectivity index (χ1n) is 8.71. The van der Waals surface area contributed by atoms with E-state index < -0.39 is 15.8 Å². The van der Waals surface area contributed by atoms with Gasteiger partial charge in [-0.1, -0.05) is 18.2 Å².